The molecule has 1 fully saturated rings. The summed E-state index contributed by atoms with van der Waals surface area (Å²) in [6.45, 7) is -0.0684. The number of amides is 1. The molecule has 5 rings (SSSR count). The molecule has 33 heavy (non-hydrogen) atoms. The van der Waals surface area contributed by atoms with Crippen molar-refractivity contribution >= 4 is 28.6 Å². The number of carbonyl (C=O) groups is 2. The van der Waals surface area contributed by atoms with Gasteiger partial charge in [0.15, 0.2) is 0 Å². The van der Waals surface area contributed by atoms with E-state index < -0.39 is 29.8 Å². The van der Waals surface area contributed by atoms with Crippen LogP contribution in [0.5, 0.6) is 0 Å². The van der Waals surface area contributed by atoms with Crippen LogP contribution in [-0.4, -0.2) is 32.7 Å². The number of anilines is 1. The predicted octanol–water partition coefficient (Wildman–Crippen LogP) is 4.79. The second-order valence-corrected chi connectivity index (χ2v) is 8.54. The van der Waals surface area contributed by atoms with Gasteiger partial charge in [0.05, 0.1) is 34.2 Å². The summed E-state index contributed by atoms with van der Waals surface area (Å²) in [5, 5.41) is 9.27. The number of fused-ring (bicyclic) bond motifs is 3. The number of alkyl halides is 3. The van der Waals surface area contributed by atoms with Crippen LogP contribution in [0.25, 0.3) is 11.0 Å². The molecule has 0 radical (unpaired) electrons. The Morgan fingerprint density at radius 1 is 1.15 bits per heavy atom. The number of aryl methyl sites for hydroxylation is 1. The Morgan fingerprint density at radius 2 is 1.91 bits per heavy atom. The van der Waals surface area contributed by atoms with E-state index in [0.717, 1.165) is 5.56 Å². The largest absolute Gasteiger partial charge is 0.478 e. The molecule has 1 amide bonds. The highest BCUT2D eigenvalue weighted by molar-refractivity contribution is 6.10. The summed E-state index contributed by atoms with van der Waals surface area (Å²) in [6, 6.07) is 8.44. The molecule has 1 N–H and O–H groups in total. The van der Waals surface area contributed by atoms with Gasteiger partial charge in [-0.2, -0.15) is 13.2 Å². The molecule has 1 aliphatic carbocycles. The topological polar surface area (TPSA) is 75.4 Å². The maximum atomic E-state index is 14.0. The maximum absolute atomic E-state index is 14.0. The molecular weight excluding hydrogens is 442 g/mol. The minimum absolute atomic E-state index is 0.00408. The fraction of sp³-hybridized carbons (Fsp3) is 0.348. The van der Waals surface area contributed by atoms with Crippen molar-refractivity contribution in [2.75, 3.05) is 4.90 Å². The highest BCUT2D eigenvalue weighted by Gasteiger charge is 2.59. The SMILES string of the molecule is O=C(O)c1ccc2c(c1)nc(CN1C(=O)C3(CC3)c3ccc(F)cc31)n2CCCC(F)(F)F. The van der Waals surface area contributed by atoms with Crippen molar-refractivity contribution in [1.29, 1.82) is 0 Å². The third-order valence-corrected chi connectivity index (χ3v) is 6.39. The first-order valence-electron chi connectivity index (χ1n) is 10.5. The van der Waals surface area contributed by atoms with Gasteiger partial charge in [-0.05, 0) is 55.2 Å². The van der Waals surface area contributed by atoms with E-state index in [9.17, 15) is 32.3 Å². The summed E-state index contributed by atoms with van der Waals surface area (Å²) in [6.07, 6.45) is -4.19. The van der Waals surface area contributed by atoms with E-state index in [4.69, 9.17) is 0 Å². The normalized spacial score (nSPS) is 16.6. The lowest BCUT2D eigenvalue weighted by atomic mass is 9.98. The lowest BCUT2D eigenvalue weighted by Gasteiger charge is -2.19. The molecule has 0 saturated heterocycles. The molecule has 0 bridgehead atoms. The van der Waals surface area contributed by atoms with Crippen molar-refractivity contribution in [2.45, 2.75) is 50.4 Å². The molecule has 1 saturated carbocycles. The number of aromatic carboxylic acids is 1. The lowest BCUT2D eigenvalue weighted by Crippen LogP contribution is -2.32. The Balaban J connectivity index is 1.54. The monoisotopic (exact) mass is 461 g/mol. The summed E-state index contributed by atoms with van der Waals surface area (Å²) in [7, 11) is 0. The zero-order valence-corrected chi connectivity index (χ0v) is 17.3. The average Bonchev–Trinajstić information content (AvgIpc) is 3.43. The molecular formula is C23H19F4N3O3. The van der Waals surface area contributed by atoms with Crippen LogP contribution in [0.3, 0.4) is 0 Å². The molecule has 2 aromatic carbocycles. The van der Waals surface area contributed by atoms with Gasteiger partial charge in [0, 0.05) is 13.0 Å². The van der Waals surface area contributed by atoms with Crippen molar-refractivity contribution < 1.29 is 32.3 Å². The quantitative estimate of drug-likeness (QED) is 0.536. The van der Waals surface area contributed by atoms with Gasteiger partial charge in [-0.15, -0.1) is 0 Å². The predicted molar refractivity (Wildman–Crippen MR) is 110 cm³/mol. The van der Waals surface area contributed by atoms with E-state index in [1.807, 2.05) is 0 Å². The van der Waals surface area contributed by atoms with Crippen LogP contribution in [0.15, 0.2) is 36.4 Å². The molecule has 6 nitrogen and oxygen atoms in total. The number of benzene rings is 2. The molecule has 1 aliphatic heterocycles. The third-order valence-electron chi connectivity index (χ3n) is 6.39. The van der Waals surface area contributed by atoms with Crippen LogP contribution < -0.4 is 4.90 Å². The molecule has 1 spiro atoms. The smallest absolute Gasteiger partial charge is 0.389 e. The van der Waals surface area contributed by atoms with Gasteiger partial charge in [-0.1, -0.05) is 6.07 Å². The highest BCUT2D eigenvalue weighted by atomic mass is 19.4. The van der Waals surface area contributed by atoms with Crippen LogP contribution in [0.1, 0.15) is 47.4 Å². The number of carboxylic acids is 1. The number of carboxylic acid groups (broad SMARTS) is 1. The summed E-state index contributed by atoms with van der Waals surface area (Å²) >= 11 is 0. The first-order chi connectivity index (χ1) is 15.6. The number of hydrogen-bond donors (Lipinski definition) is 1. The molecule has 0 atom stereocenters. The zero-order chi connectivity index (χ0) is 23.5. The van der Waals surface area contributed by atoms with Crippen molar-refractivity contribution in [2.24, 2.45) is 0 Å². The Hall–Kier alpha value is -3.43. The molecule has 10 heteroatoms. The fourth-order valence-electron chi connectivity index (χ4n) is 4.64. The Kier molecular flexibility index (Phi) is 4.73. The van der Waals surface area contributed by atoms with Crippen LogP contribution in [-0.2, 0) is 23.3 Å². The minimum atomic E-state index is -4.31. The van der Waals surface area contributed by atoms with Crippen LogP contribution >= 0.6 is 0 Å². The third kappa shape index (κ3) is 3.63. The van der Waals surface area contributed by atoms with Crippen molar-refractivity contribution in [3.63, 3.8) is 0 Å². The maximum Gasteiger partial charge on any atom is 0.389 e. The summed E-state index contributed by atoms with van der Waals surface area (Å²) in [4.78, 5) is 30.5. The zero-order valence-electron chi connectivity index (χ0n) is 17.3. The van der Waals surface area contributed by atoms with Crippen LogP contribution in [0.4, 0.5) is 23.2 Å². The van der Waals surface area contributed by atoms with E-state index in [0.29, 0.717) is 35.4 Å². The molecule has 3 aromatic rings. The number of carbonyl (C=O) groups excluding carboxylic acids is 1. The average molecular weight is 461 g/mol. The second-order valence-electron chi connectivity index (χ2n) is 8.54. The number of nitrogens with zero attached hydrogens (tertiary/aromatic N) is 3. The van der Waals surface area contributed by atoms with Gasteiger partial charge in [-0.3, -0.25) is 4.79 Å². The first kappa shape index (κ1) is 21.4. The fourth-order valence-corrected chi connectivity index (χ4v) is 4.64. The molecule has 2 aliphatic rings. The molecule has 172 valence electrons. The van der Waals surface area contributed by atoms with Crippen molar-refractivity contribution in [1.82, 2.24) is 9.55 Å². The van der Waals surface area contributed by atoms with E-state index in [1.165, 1.54) is 35.2 Å². The number of imidazole rings is 1. The summed E-state index contributed by atoms with van der Waals surface area (Å²) in [5.41, 5.74) is 1.32. The van der Waals surface area contributed by atoms with Gasteiger partial charge in [-0.25, -0.2) is 14.2 Å². The van der Waals surface area contributed by atoms with Gasteiger partial charge in [0.25, 0.3) is 0 Å². The Bertz CT molecular complexity index is 1290. The van der Waals surface area contributed by atoms with Gasteiger partial charge < -0.3 is 14.6 Å². The van der Waals surface area contributed by atoms with Gasteiger partial charge >= 0.3 is 12.1 Å². The van der Waals surface area contributed by atoms with E-state index in [-0.39, 0.29) is 31.0 Å². The van der Waals surface area contributed by atoms with Crippen LogP contribution in [0.2, 0.25) is 0 Å². The summed E-state index contributed by atoms with van der Waals surface area (Å²) in [5.74, 6) is -1.51. The van der Waals surface area contributed by atoms with Gasteiger partial charge in [0.1, 0.15) is 11.6 Å². The highest BCUT2D eigenvalue weighted by Crippen LogP contribution is 2.57. The van der Waals surface area contributed by atoms with Crippen molar-refractivity contribution in [3.8, 4) is 0 Å². The lowest BCUT2D eigenvalue weighted by molar-refractivity contribution is -0.135. The number of rotatable bonds is 6. The second kappa shape index (κ2) is 7.29. The standard InChI is InChI=1S/C23H19F4N3O3/c24-14-3-4-15-18(11-14)30(21(33)22(15)7-8-22)12-19-28-16-10-13(20(31)32)2-5-17(16)29(19)9-1-6-23(25,26)27/h2-5,10-11H,1,6-9,12H2,(H,31,32). The molecule has 1 aromatic heterocycles. The Labute approximate surface area is 185 Å². The minimum Gasteiger partial charge on any atom is -0.478 e. The van der Waals surface area contributed by atoms with E-state index in [2.05, 4.69) is 4.98 Å². The number of aromatic nitrogens is 2. The molecule has 2 heterocycles. The Morgan fingerprint density at radius 3 is 2.58 bits per heavy atom. The van der Waals surface area contributed by atoms with Gasteiger partial charge in [0.2, 0.25) is 5.91 Å². The summed E-state index contributed by atoms with van der Waals surface area (Å²) < 4.78 is 53.8. The first-order valence-corrected chi connectivity index (χ1v) is 10.5. The number of hydrogen-bond acceptors (Lipinski definition) is 3. The number of halogens is 4. The molecule has 0 unspecified atom stereocenters. The van der Waals surface area contributed by atoms with Crippen LogP contribution in [0, 0.1) is 5.82 Å². The van der Waals surface area contributed by atoms with E-state index in [1.54, 1.807) is 10.6 Å². The van der Waals surface area contributed by atoms with Crippen molar-refractivity contribution in [3.05, 3.63) is 59.2 Å². The van der Waals surface area contributed by atoms with E-state index >= 15 is 0 Å².